The number of rotatable bonds is 1. The van der Waals surface area contributed by atoms with Crippen LogP contribution in [-0.4, -0.2) is 35.3 Å². The van der Waals surface area contributed by atoms with E-state index in [1.165, 1.54) is 25.1 Å². The van der Waals surface area contributed by atoms with Crippen molar-refractivity contribution in [3.8, 4) is 5.75 Å². The first-order chi connectivity index (χ1) is 5.15. The molecule has 0 saturated carbocycles. The predicted molar refractivity (Wildman–Crippen MR) is 44.2 cm³/mol. The van der Waals surface area contributed by atoms with Crippen molar-refractivity contribution in [2.75, 3.05) is 0 Å². The molecule has 1 aromatic carbocycles. The Morgan fingerprint density at radius 2 is 2.09 bits per heavy atom. The van der Waals surface area contributed by atoms with E-state index in [1.807, 2.05) is 13.0 Å². The second-order valence-electron chi connectivity index (χ2n) is 2.42. The van der Waals surface area contributed by atoms with Crippen molar-refractivity contribution >= 4 is 28.3 Å². The van der Waals surface area contributed by atoms with Crippen LogP contribution in [0.2, 0.25) is 0 Å². The first-order valence-corrected chi connectivity index (χ1v) is 4.84. The fourth-order valence-electron chi connectivity index (χ4n) is 0.910. The van der Waals surface area contributed by atoms with Gasteiger partial charge in [-0.3, -0.25) is 0 Å². The second-order valence-corrected chi connectivity index (χ2v) is 4.13. The molecule has 1 rings (SSSR count). The standard InChI is InChI=1S/C8H9O2.Po/c1-6-4-7(5-9)2-3-8(6)10;/h2,4,9-10H,5H2,1H3;. The quantitative estimate of drug-likeness (QED) is 0.751. The van der Waals surface area contributed by atoms with Crippen LogP contribution in [0.4, 0.5) is 0 Å². The Labute approximate surface area is 81.0 Å². The number of phenols is 1. The first-order valence-electron chi connectivity index (χ1n) is 3.25. The molecule has 0 heterocycles. The molecular formula is C8H9O2Po. The van der Waals surface area contributed by atoms with Crippen LogP contribution in [0.15, 0.2) is 12.1 Å². The average molecular weight is 346 g/mol. The van der Waals surface area contributed by atoms with Crippen LogP contribution >= 0.6 is 0 Å². The summed E-state index contributed by atoms with van der Waals surface area (Å²) in [5.41, 5.74) is 1.70. The zero-order chi connectivity index (χ0) is 8.43. The van der Waals surface area contributed by atoms with Crippen molar-refractivity contribution < 1.29 is 10.2 Å². The first kappa shape index (κ1) is 8.97. The van der Waals surface area contributed by atoms with Crippen molar-refractivity contribution in [2.45, 2.75) is 13.5 Å². The van der Waals surface area contributed by atoms with E-state index in [9.17, 15) is 5.11 Å². The minimum atomic E-state index is 0.0431. The summed E-state index contributed by atoms with van der Waals surface area (Å²) < 4.78 is 0.897. The van der Waals surface area contributed by atoms with Crippen LogP contribution in [0, 0.1) is 6.92 Å². The number of hydrogen-bond donors (Lipinski definition) is 2. The summed E-state index contributed by atoms with van der Waals surface area (Å²) in [5, 5.41) is 18.2. The molecule has 0 fully saturated rings. The van der Waals surface area contributed by atoms with Crippen molar-refractivity contribution in [1.82, 2.24) is 0 Å². The molecule has 2 N–H and O–H groups in total. The van der Waals surface area contributed by atoms with Gasteiger partial charge in [-0.15, -0.1) is 0 Å². The Hall–Kier alpha value is -0.124. The van der Waals surface area contributed by atoms with Gasteiger partial charge in [0.15, 0.2) is 0 Å². The fourth-order valence-corrected chi connectivity index (χ4v) is 2.12. The SMILES string of the molecule is Cc1cc(CO)c[c]([Po])c1O. The summed E-state index contributed by atoms with van der Waals surface area (Å²) in [4.78, 5) is 0. The Kier molecular flexibility index (Phi) is 2.87. The molecule has 2 nitrogen and oxygen atoms in total. The van der Waals surface area contributed by atoms with Crippen LogP contribution in [0.1, 0.15) is 11.1 Å². The summed E-state index contributed by atoms with van der Waals surface area (Å²) in [6, 6.07) is 3.61. The van der Waals surface area contributed by atoms with Gasteiger partial charge in [-0.05, 0) is 0 Å². The number of aliphatic hydroxyl groups is 1. The van der Waals surface area contributed by atoms with Gasteiger partial charge in [0.25, 0.3) is 0 Å². The van der Waals surface area contributed by atoms with Gasteiger partial charge in [-0.25, -0.2) is 0 Å². The summed E-state index contributed by atoms with van der Waals surface area (Å²) in [6.07, 6.45) is 0. The molecule has 0 spiro atoms. The topological polar surface area (TPSA) is 40.5 Å². The molecule has 1 radical (unpaired) electrons. The third-order valence-corrected chi connectivity index (χ3v) is 2.72. The fraction of sp³-hybridized carbons (Fsp3) is 0.250. The van der Waals surface area contributed by atoms with Gasteiger partial charge in [0, 0.05) is 0 Å². The molecule has 0 aliphatic carbocycles. The zero-order valence-electron chi connectivity index (χ0n) is 6.16. The van der Waals surface area contributed by atoms with Gasteiger partial charge in [0.1, 0.15) is 0 Å². The Morgan fingerprint density at radius 3 is 2.55 bits per heavy atom. The van der Waals surface area contributed by atoms with Gasteiger partial charge in [0.05, 0.1) is 0 Å². The Bertz CT molecular complexity index is 248. The van der Waals surface area contributed by atoms with E-state index in [0.29, 0.717) is 5.75 Å². The van der Waals surface area contributed by atoms with Crippen molar-refractivity contribution in [3.63, 3.8) is 0 Å². The molecule has 0 aliphatic heterocycles. The van der Waals surface area contributed by atoms with E-state index in [2.05, 4.69) is 0 Å². The number of phenolic OH excluding ortho intramolecular Hbond substituents is 1. The van der Waals surface area contributed by atoms with Gasteiger partial charge in [-0.2, -0.15) is 0 Å². The predicted octanol–water partition coefficient (Wildman–Crippen LogP) is -0.0133. The number of hydrogen-bond acceptors (Lipinski definition) is 2. The zero-order valence-corrected chi connectivity index (χ0v) is 9.34. The molecule has 0 bridgehead atoms. The van der Waals surface area contributed by atoms with E-state index in [4.69, 9.17) is 5.11 Å². The molecule has 0 saturated heterocycles. The number of aromatic hydroxyl groups is 1. The monoisotopic (exact) mass is 346 g/mol. The molecule has 0 amide bonds. The molecule has 0 atom stereocenters. The molecule has 0 aliphatic rings. The van der Waals surface area contributed by atoms with Gasteiger partial charge < -0.3 is 0 Å². The van der Waals surface area contributed by atoms with Crippen LogP contribution < -0.4 is 3.22 Å². The summed E-state index contributed by atoms with van der Waals surface area (Å²) in [7, 11) is 0. The molecule has 59 valence electrons. The maximum atomic E-state index is 9.37. The van der Waals surface area contributed by atoms with Gasteiger partial charge in [-0.1, -0.05) is 0 Å². The van der Waals surface area contributed by atoms with Crippen molar-refractivity contribution in [1.29, 1.82) is 0 Å². The van der Waals surface area contributed by atoms with Crippen molar-refractivity contribution in [2.24, 2.45) is 0 Å². The normalized spacial score (nSPS) is 10.0. The number of benzene rings is 1. The molecule has 0 unspecified atom stereocenters. The molecule has 11 heavy (non-hydrogen) atoms. The summed E-state index contributed by atoms with van der Waals surface area (Å²) in [6.45, 7) is 1.88. The van der Waals surface area contributed by atoms with Gasteiger partial charge in [0.2, 0.25) is 0 Å². The Balaban J connectivity index is 3.21. The molecule has 0 aromatic heterocycles. The van der Waals surface area contributed by atoms with E-state index in [1.54, 1.807) is 6.07 Å². The third kappa shape index (κ3) is 1.92. The van der Waals surface area contributed by atoms with Crippen LogP contribution in [0.5, 0.6) is 5.75 Å². The van der Waals surface area contributed by atoms with Crippen LogP contribution in [0.3, 0.4) is 0 Å². The summed E-state index contributed by atoms with van der Waals surface area (Å²) in [5.74, 6) is 0.359. The molecular weight excluding hydrogens is 337 g/mol. The Morgan fingerprint density at radius 1 is 1.45 bits per heavy atom. The molecule has 3 heteroatoms. The summed E-state index contributed by atoms with van der Waals surface area (Å²) >= 11 is 1.22. The average Bonchev–Trinajstić information content (AvgIpc) is 1.99. The number of aryl methyl sites for hydroxylation is 1. The number of aliphatic hydroxyl groups excluding tert-OH is 1. The van der Waals surface area contributed by atoms with E-state index in [-0.39, 0.29) is 6.61 Å². The van der Waals surface area contributed by atoms with E-state index < -0.39 is 0 Å². The van der Waals surface area contributed by atoms with E-state index >= 15 is 0 Å². The van der Waals surface area contributed by atoms with E-state index in [0.717, 1.165) is 14.3 Å². The van der Waals surface area contributed by atoms with Crippen LogP contribution in [0.25, 0.3) is 0 Å². The third-order valence-electron chi connectivity index (χ3n) is 1.51. The minimum absolute atomic E-state index is 0.0431. The maximum absolute atomic E-state index is 9.37. The van der Waals surface area contributed by atoms with Crippen molar-refractivity contribution in [3.05, 3.63) is 23.3 Å². The van der Waals surface area contributed by atoms with Crippen LogP contribution in [-0.2, 0) is 6.61 Å². The molecule has 1 aromatic rings. The van der Waals surface area contributed by atoms with Gasteiger partial charge >= 0.3 is 81.0 Å². The second kappa shape index (κ2) is 3.52.